The number of rotatable bonds is 13. The second kappa shape index (κ2) is 15.9. The van der Waals surface area contributed by atoms with Crippen molar-refractivity contribution in [3.8, 4) is 11.5 Å². The highest BCUT2D eigenvalue weighted by molar-refractivity contribution is 5.98. The normalized spacial score (nSPS) is 17.0. The van der Waals surface area contributed by atoms with E-state index in [9.17, 15) is 14.4 Å². The van der Waals surface area contributed by atoms with Gasteiger partial charge in [-0.25, -0.2) is 0 Å². The molecule has 0 radical (unpaired) electrons. The first-order valence-electron chi connectivity index (χ1n) is 16.0. The molecule has 2 aliphatic rings. The van der Waals surface area contributed by atoms with Gasteiger partial charge < -0.3 is 25.0 Å². The molecule has 8 heteroatoms. The Morgan fingerprint density at radius 2 is 1.72 bits per heavy atom. The molecule has 2 N–H and O–H groups in total. The van der Waals surface area contributed by atoms with E-state index in [0.717, 1.165) is 61.2 Å². The Hall–Kier alpha value is -3.39. The Balaban J connectivity index is 1.29. The van der Waals surface area contributed by atoms with Crippen molar-refractivity contribution in [2.45, 2.75) is 84.2 Å². The molecule has 4 rings (SSSR count). The van der Waals surface area contributed by atoms with Crippen molar-refractivity contribution in [3.63, 3.8) is 0 Å². The van der Waals surface area contributed by atoms with Crippen LogP contribution in [-0.4, -0.2) is 61.9 Å². The van der Waals surface area contributed by atoms with Crippen LogP contribution in [0.1, 0.15) is 93.1 Å². The maximum Gasteiger partial charge on any atom is 0.251 e. The third-order valence-electron chi connectivity index (χ3n) is 8.92. The molecule has 234 valence electrons. The molecule has 0 spiro atoms. The summed E-state index contributed by atoms with van der Waals surface area (Å²) in [4.78, 5) is 41.3. The van der Waals surface area contributed by atoms with Crippen molar-refractivity contribution >= 4 is 17.6 Å². The van der Waals surface area contributed by atoms with E-state index in [-0.39, 0.29) is 41.9 Å². The zero-order valence-electron chi connectivity index (χ0n) is 26.3. The topological polar surface area (TPSA) is 97.0 Å². The standard InChI is InChI=1S/C35H49N3O5/c1-5-43-31-21-30(42-4)15-14-29(31)22-36-23-32(39)38-18-16-25(17-19-38)27-12-9-13-28(20-27)35(41)37-33(34(40)24(2)3)26-10-7-6-8-11-26/h9,12-15,20-21,24-26,33,36H,5-8,10-11,16-19,22-23H2,1-4H3,(H,37,41). The van der Waals surface area contributed by atoms with Crippen LogP contribution in [0.3, 0.4) is 0 Å². The number of benzene rings is 2. The first kappa shape index (κ1) is 32.5. The number of Topliss-reactive ketones (excluding diaryl/α,β-unsaturated/α-hetero) is 1. The Bertz CT molecular complexity index is 1230. The number of likely N-dealkylation sites (tertiary alicyclic amines) is 1. The SMILES string of the molecule is CCOc1cc(OC)ccc1CNCC(=O)N1CCC(c2cccc(C(=O)NC(C(=O)C(C)C)C3CCCCC3)c2)CC1. The molecular formula is C35H49N3O5. The third-order valence-corrected chi connectivity index (χ3v) is 8.92. The maximum atomic E-state index is 13.4. The summed E-state index contributed by atoms with van der Waals surface area (Å²) in [5, 5.41) is 6.39. The summed E-state index contributed by atoms with van der Waals surface area (Å²) in [5.41, 5.74) is 2.70. The van der Waals surface area contributed by atoms with E-state index in [1.54, 1.807) is 7.11 Å². The lowest BCUT2D eigenvalue weighted by Crippen LogP contribution is -2.48. The van der Waals surface area contributed by atoms with E-state index < -0.39 is 6.04 Å². The zero-order chi connectivity index (χ0) is 30.8. The van der Waals surface area contributed by atoms with Gasteiger partial charge in [0, 0.05) is 42.7 Å². The molecule has 1 aliphatic carbocycles. The Labute approximate surface area is 256 Å². The number of methoxy groups -OCH3 is 1. The summed E-state index contributed by atoms with van der Waals surface area (Å²) in [5.74, 6) is 1.92. The summed E-state index contributed by atoms with van der Waals surface area (Å²) >= 11 is 0. The van der Waals surface area contributed by atoms with Gasteiger partial charge in [-0.1, -0.05) is 51.3 Å². The van der Waals surface area contributed by atoms with Gasteiger partial charge in [0.25, 0.3) is 5.91 Å². The number of hydrogen-bond acceptors (Lipinski definition) is 6. The molecule has 1 heterocycles. The van der Waals surface area contributed by atoms with Gasteiger partial charge in [0.2, 0.25) is 5.91 Å². The molecule has 0 bridgehead atoms. The molecule has 1 saturated carbocycles. The summed E-state index contributed by atoms with van der Waals surface area (Å²) in [7, 11) is 1.63. The molecule has 43 heavy (non-hydrogen) atoms. The second-order valence-electron chi connectivity index (χ2n) is 12.2. The van der Waals surface area contributed by atoms with Crippen molar-refractivity contribution in [2.75, 3.05) is 33.4 Å². The predicted octanol–water partition coefficient (Wildman–Crippen LogP) is 5.49. The van der Waals surface area contributed by atoms with Gasteiger partial charge in [-0.15, -0.1) is 0 Å². The molecule has 2 amide bonds. The maximum absolute atomic E-state index is 13.4. The predicted molar refractivity (Wildman–Crippen MR) is 169 cm³/mol. The number of amides is 2. The van der Waals surface area contributed by atoms with E-state index >= 15 is 0 Å². The fourth-order valence-electron chi connectivity index (χ4n) is 6.38. The minimum atomic E-state index is -0.421. The fraction of sp³-hybridized carbons (Fsp3) is 0.571. The number of carbonyl (C=O) groups is 3. The summed E-state index contributed by atoms with van der Waals surface area (Å²) in [6.45, 7) is 8.48. The number of nitrogens with zero attached hydrogens (tertiary/aromatic N) is 1. The first-order chi connectivity index (χ1) is 20.8. The molecule has 2 fully saturated rings. The number of nitrogens with one attached hydrogen (secondary N) is 2. The van der Waals surface area contributed by atoms with Gasteiger partial charge in [0.15, 0.2) is 5.78 Å². The van der Waals surface area contributed by atoms with E-state index in [2.05, 4.69) is 16.7 Å². The monoisotopic (exact) mass is 591 g/mol. The highest BCUT2D eigenvalue weighted by Crippen LogP contribution is 2.30. The average molecular weight is 592 g/mol. The minimum absolute atomic E-state index is 0.0848. The van der Waals surface area contributed by atoms with Crippen molar-refractivity contribution in [1.29, 1.82) is 0 Å². The molecule has 0 aromatic heterocycles. The quantitative estimate of drug-likeness (QED) is 0.320. The third kappa shape index (κ3) is 8.82. The van der Waals surface area contributed by atoms with Crippen molar-refractivity contribution in [2.24, 2.45) is 11.8 Å². The van der Waals surface area contributed by atoms with Crippen LogP contribution in [0, 0.1) is 11.8 Å². The van der Waals surface area contributed by atoms with Crippen LogP contribution in [0.4, 0.5) is 0 Å². The van der Waals surface area contributed by atoms with Crippen molar-refractivity contribution < 1.29 is 23.9 Å². The van der Waals surface area contributed by atoms with E-state index in [0.29, 0.717) is 31.8 Å². The lowest BCUT2D eigenvalue weighted by Gasteiger charge is -2.33. The van der Waals surface area contributed by atoms with Crippen molar-refractivity contribution in [1.82, 2.24) is 15.5 Å². The molecule has 1 saturated heterocycles. The van der Waals surface area contributed by atoms with Gasteiger partial charge in [-0.2, -0.15) is 0 Å². The van der Waals surface area contributed by atoms with E-state index in [1.807, 2.05) is 62.1 Å². The zero-order valence-corrected chi connectivity index (χ0v) is 26.3. The molecule has 8 nitrogen and oxygen atoms in total. The lowest BCUT2D eigenvalue weighted by molar-refractivity contribution is -0.131. The van der Waals surface area contributed by atoms with Crippen LogP contribution < -0.4 is 20.1 Å². The number of hydrogen-bond donors (Lipinski definition) is 2. The van der Waals surface area contributed by atoms with Crippen molar-refractivity contribution in [3.05, 3.63) is 59.2 Å². The van der Waals surface area contributed by atoms with Gasteiger partial charge in [0.1, 0.15) is 11.5 Å². The summed E-state index contributed by atoms with van der Waals surface area (Å²) in [6, 6.07) is 13.1. The average Bonchev–Trinajstić information content (AvgIpc) is 3.04. The van der Waals surface area contributed by atoms with Crippen LogP contribution >= 0.6 is 0 Å². The summed E-state index contributed by atoms with van der Waals surface area (Å²) in [6.07, 6.45) is 7.12. The highest BCUT2D eigenvalue weighted by atomic mass is 16.5. The second-order valence-corrected chi connectivity index (χ2v) is 12.2. The molecule has 1 atom stereocenters. The van der Waals surface area contributed by atoms with Crippen LogP contribution in [-0.2, 0) is 16.1 Å². The molecule has 1 aliphatic heterocycles. The molecule has 1 unspecified atom stereocenters. The molecule has 2 aromatic rings. The Kier molecular flexibility index (Phi) is 12.0. The Morgan fingerprint density at radius 3 is 2.40 bits per heavy atom. The Morgan fingerprint density at radius 1 is 0.977 bits per heavy atom. The summed E-state index contributed by atoms with van der Waals surface area (Å²) < 4.78 is 11.0. The number of carbonyl (C=O) groups excluding carboxylic acids is 3. The van der Waals surface area contributed by atoms with Gasteiger partial charge >= 0.3 is 0 Å². The molecular weight excluding hydrogens is 542 g/mol. The van der Waals surface area contributed by atoms with Crippen LogP contribution in [0.15, 0.2) is 42.5 Å². The number of ether oxygens (including phenoxy) is 2. The van der Waals surface area contributed by atoms with E-state index in [4.69, 9.17) is 9.47 Å². The minimum Gasteiger partial charge on any atom is -0.497 e. The van der Waals surface area contributed by atoms with Crippen LogP contribution in [0.5, 0.6) is 11.5 Å². The lowest BCUT2D eigenvalue weighted by atomic mass is 9.80. The van der Waals surface area contributed by atoms with E-state index in [1.165, 1.54) is 6.42 Å². The number of piperidine rings is 1. The number of ketones is 1. The van der Waals surface area contributed by atoms with Gasteiger partial charge in [0.05, 0.1) is 26.3 Å². The highest BCUT2D eigenvalue weighted by Gasteiger charge is 2.32. The van der Waals surface area contributed by atoms with Crippen LogP contribution in [0.25, 0.3) is 0 Å². The van der Waals surface area contributed by atoms with Gasteiger partial charge in [-0.05, 0) is 68.2 Å². The van der Waals surface area contributed by atoms with Gasteiger partial charge in [-0.3, -0.25) is 14.4 Å². The van der Waals surface area contributed by atoms with Crippen LogP contribution in [0.2, 0.25) is 0 Å². The first-order valence-corrected chi connectivity index (χ1v) is 16.0. The smallest absolute Gasteiger partial charge is 0.251 e. The largest absolute Gasteiger partial charge is 0.497 e. The fourth-order valence-corrected chi connectivity index (χ4v) is 6.38. The molecule has 2 aromatic carbocycles.